The number of anilines is 1. The van der Waals surface area contributed by atoms with E-state index in [9.17, 15) is 31.5 Å². The first-order chi connectivity index (χ1) is 18.3. The van der Waals surface area contributed by atoms with Gasteiger partial charge in [0.2, 0.25) is 5.82 Å². The second-order valence-electron chi connectivity index (χ2n) is 9.81. The highest BCUT2D eigenvalue weighted by molar-refractivity contribution is 5.97. The second-order valence-corrected chi connectivity index (χ2v) is 9.81. The van der Waals surface area contributed by atoms with Gasteiger partial charge in [-0.05, 0) is 20.0 Å². The highest BCUT2D eigenvalue weighted by atomic mass is 19.4. The number of halogens is 5. The van der Waals surface area contributed by atoms with Gasteiger partial charge in [0, 0.05) is 49.6 Å². The minimum Gasteiger partial charge on any atom is -0.493 e. The summed E-state index contributed by atoms with van der Waals surface area (Å²) in [6.07, 6.45) is -5.65. The van der Waals surface area contributed by atoms with Crippen LogP contribution in [0, 0.1) is 17.6 Å². The molecule has 0 radical (unpaired) electrons. The minimum absolute atomic E-state index is 0.00971. The summed E-state index contributed by atoms with van der Waals surface area (Å²) in [5, 5.41) is 2.39. The van der Waals surface area contributed by atoms with Crippen molar-refractivity contribution in [1.29, 1.82) is 0 Å². The van der Waals surface area contributed by atoms with Gasteiger partial charge in [-0.25, -0.2) is 14.4 Å². The highest BCUT2D eigenvalue weighted by Crippen LogP contribution is 2.55. The molecule has 14 heteroatoms. The number of piperazine rings is 1. The van der Waals surface area contributed by atoms with E-state index < -0.39 is 53.0 Å². The molecule has 4 atom stereocenters. The largest absolute Gasteiger partial charge is 0.493 e. The molecule has 212 valence electrons. The standard InChI is InChI=1S/C25H28F5N5O4/c1-13-18(14-5-6-15(26)19(27)20(14)38-4)21(39-24(13,2)25(28,29)30)22(36)33-17-11-16(31-12-32-17)23(37)35-9-7-34(3)8-10-35/h5-6,11-13,18,21H,7-10H2,1-4H3,(H,31,32,33,36)/t13-,18-,21+,24+/m0/s1. The van der Waals surface area contributed by atoms with E-state index >= 15 is 0 Å². The molecule has 0 unspecified atom stereocenters. The molecule has 39 heavy (non-hydrogen) atoms. The number of ether oxygens (including phenoxy) is 2. The molecule has 2 aromatic rings. The Labute approximate surface area is 221 Å². The molecule has 0 aliphatic carbocycles. The summed E-state index contributed by atoms with van der Waals surface area (Å²) in [5.41, 5.74) is -2.97. The van der Waals surface area contributed by atoms with Gasteiger partial charge in [0.1, 0.15) is 23.9 Å². The number of nitrogens with one attached hydrogen (secondary N) is 1. The van der Waals surface area contributed by atoms with Gasteiger partial charge in [0.15, 0.2) is 17.2 Å². The Hall–Kier alpha value is -3.39. The smallest absolute Gasteiger partial charge is 0.417 e. The Balaban J connectivity index is 1.65. The molecule has 2 aliphatic rings. The van der Waals surface area contributed by atoms with Crippen LogP contribution in [0.15, 0.2) is 24.5 Å². The highest BCUT2D eigenvalue weighted by Gasteiger charge is 2.66. The lowest BCUT2D eigenvalue weighted by molar-refractivity contribution is -0.272. The zero-order valence-electron chi connectivity index (χ0n) is 21.7. The number of rotatable bonds is 5. The number of hydrogen-bond donors (Lipinski definition) is 1. The van der Waals surface area contributed by atoms with Crippen molar-refractivity contribution in [3.63, 3.8) is 0 Å². The van der Waals surface area contributed by atoms with Crippen LogP contribution in [0.2, 0.25) is 0 Å². The number of amides is 2. The maximum absolute atomic E-state index is 14.5. The normalized spacial score (nSPS) is 26.0. The van der Waals surface area contributed by atoms with Crippen molar-refractivity contribution in [1.82, 2.24) is 19.8 Å². The van der Waals surface area contributed by atoms with Crippen LogP contribution in [0.5, 0.6) is 5.75 Å². The topological polar surface area (TPSA) is 96.9 Å². The number of benzene rings is 1. The van der Waals surface area contributed by atoms with E-state index in [1.165, 1.54) is 13.0 Å². The molecule has 2 amide bonds. The van der Waals surface area contributed by atoms with Crippen LogP contribution in [0.3, 0.4) is 0 Å². The number of aromatic nitrogens is 2. The van der Waals surface area contributed by atoms with E-state index in [4.69, 9.17) is 9.47 Å². The summed E-state index contributed by atoms with van der Waals surface area (Å²) in [4.78, 5) is 37.8. The SMILES string of the molecule is COc1c([C@H]2[C@H](C(=O)Nc3cc(C(=O)N4CCN(C)CC4)ncn3)O[C@@](C)(C(F)(F)F)[C@H]2C)ccc(F)c1F. The van der Waals surface area contributed by atoms with E-state index in [1.54, 1.807) is 4.90 Å². The van der Waals surface area contributed by atoms with Gasteiger partial charge in [-0.1, -0.05) is 13.0 Å². The van der Waals surface area contributed by atoms with Crippen molar-refractivity contribution in [2.75, 3.05) is 45.7 Å². The first kappa shape index (κ1) is 28.6. The van der Waals surface area contributed by atoms with E-state index in [1.807, 2.05) is 7.05 Å². The third-order valence-electron chi connectivity index (χ3n) is 7.50. The van der Waals surface area contributed by atoms with Crippen LogP contribution in [-0.4, -0.2) is 89.8 Å². The first-order valence-electron chi connectivity index (χ1n) is 12.2. The third-order valence-corrected chi connectivity index (χ3v) is 7.50. The summed E-state index contributed by atoms with van der Waals surface area (Å²) in [5.74, 6) is -7.63. The molecule has 1 aromatic carbocycles. The molecule has 0 bridgehead atoms. The van der Waals surface area contributed by atoms with Crippen LogP contribution in [0.1, 0.15) is 35.8 Å². The predicted octanol–water partition coefficient (Wildman–Crippen LogP) is 3.23. The molecule has 2 fully saturated rings. The van der Waals surface area contributed by atoms with Crippen LogP contribution in [0.4, 0.5) is 27.8 Å². The lowest BCUT2D eigenvalue weighted by Gasteiger charge is -2.32. The third kappa shape index (κ3) is 5.26. The number of alkyl halides is 3. The van der Waals surface area contributed by atoms with Crippen molar-refractivity contribution in [3.05, 3.63) is 47.4 Å². The van der Waals surface area contributed by atoms with E-state index in [0.29, 0.717) is 26.2 Å². The number of methoxy groups -OCH3 is 1. The summed E-state index contributed by atoms with van der Waals surface area (Å²) >= 11 is 0. The van der Waals surface area contributed by atoms with Crippen LogP contribution in [0.25, 0.3) is 0 Å². The molecule has 2 saturated heterocycles. The first-order valence-corrected chi connectivity index (χ1v) is 12.2. The van der Waals surface area contributed by atoms with Crippen molar-refractivity contribution in [2.45, 2.75) is 37.6 Å². The van der Waals surface area contributed by atoms with Gasteiger partial charge in [0.25, 0.3) is 11.8 Å². The minimum atomic E-state index is -4.90. The fourth-order valence-corrected chi connectivity index (χ4v) is 4.95. The molecular weight excluding hydrogens is 529 g/mol. The maximum Gasteiger partial charge on any atom is 0.417 e. The Morgan fingerprint density at radius 1 is 1.15 bits per heavy atom. The predicted molar refractivity (Wildman–Crippen MR) is 128 cm³/mol. The average molecular weight is 558 g/mol. The van der Waals surface area contributed by atoms with Crippen LogP contribution < -0.4 is 10.1 Å². The van der Waals surface area contributed by atoms with Gasteiger partial charge in [-0.2, -0.15) is 17.6 Å². The summed E-state index contributed by atoms with van der Waals surface area (Å²) in [7, 11) is 2.97. The van der Waals surface area contributed by atoms with Crippen LogP contribution >= 0.6 is 0 Å². The fraction of sp³-hybridized carbons (Fsp3) is 0.520. The number of nitrogens with zero attached hydrogens (tertiary/aromatic N) is 4. The zero-order valence-corrected chi connectivity index (χ0v) is 21.7. The molecular formula is C25H28F5N5O4. The number of hydrogen-bond acceptors (Lipinski definition) is 7. The summed E-state index contributed by atoms with van der Waals surface area (Å²) < 4.78 is 81.1. The lowest BCUT2D eigenvalue weighted by atomic mass is 9.77. The lowest BCUT2D eigenvalue weighted by Crippen LogP contribution is -2.47. The fourth-order valence-electron chi connectivity index (χ4n) is 4.95. The van der Waals surface area contributed by atoms with Crippen molar-refractivity contribution in [2.24, 2.45) is 5.92 Å². The summed E-state index contributed by atoms with van der Waals surface area (Å²) in [6.45, 7) is 4.30. The van der Waals surface area contributed by atoms with Gasteiger partial charge < -0.3 is 24.6 Å². The molecule has 1 aromatic heterocycles. The number of carbonyl (C=O) groups excluding carboxylic acids is 2. The van der Waals surface area contributed by atoms with Crippen molar-refractivity contribution in [3.8, 4) is 5.75 Å². The number of likely N-dealkylation sites (N-methyl/N-ethyl adjacent to an activating group) is 1. The average Bonchev–Trinajstić information content (AvgIpc) is 3.17. The molecule has 9 nitrogen and oxygen atoms in total. The summed E-state index contributed by atoms with van der Waals surface area (Å²) in [6, 6.07) is 3.04. The van der Waals surface area contributed by atoms with Gasteiger partial charge in [-0.15, -0.1) is 0 Å². The molecule has 2 aliphatic heterocycles. The Morgan fingerprint density at radius 3 is 2.44 bits per heavy atom. The molecule has 1 N–H and O–H groups in total. The van der Waals surface area contributed by atoms with Gasteiger partial charge in [-0.3, -0.25) is 9.59 Å². The molecule has 4 rings (SSSR count). The Morgan fingerprint density at radius 2 is 1.82 bits per heavy atom. The Bertz CT molecular complexity index is 1250. The molecule has 0 saturated carbocycles. The molecule has 0 spiro atoms. The zero-order chi connectivity index (χ0) is 28.7. The number of carbonyl (C=O) groups is 2. The van der Waals surface area contributed by atoms with E-state index in [-0.39, 0.29) is 23.0 Å². The Kier molecular flexibility index (Phi) is 7.81. The molecule has 3 heterocycles. The van der Waals surface area contributed by atoms with Crippen molar-refractivity contribution >= 4 is 17.6 Å². The second kappa shape index (κ2) is 10.6. The van der Waals surface area contributed by atoms with E-state index in [2.05, 4.69) is 20.2 Å². The van der Waals surface area contributed by atoms with Gasteiger partial charge >= 0.3 is 6.18 Å². The van der Waals surface area contributed by atoms with Crippen molar-refractivity contribution < 1.29 is 41.0 Å². The van der Waals surface area contributed by atoms with E-state index in [0.717, 1.165) is 32.5 Å². The van der Waals surface area contributed by atoms with Gasteiger partial charge in [0.05, 0.1) is 7.11 Å². The van der Waals surface area contributed by atoms with Crippen LogP contribution in [-0.2, 0) is 9.53 Å². The quantitative estimate of drug-likeness (QED) is 0.564. The maximum atomic E-state index is 14.5. The monoisotopic (exact) mass is 557 g/mol.